The molecular weight excluding hydrogens is 659 g/mol. The van der Waals surface area contributed by atoms with Crippen LogP contribution in [0.3, 0.4) is 0 Å². The number of nitrogens with zero attached hydrogens (tertiary/aromatic N) is 1. The molecule has 0 spiro atoms. The standard InChI is InChI=1S/C37H53N5O7S/c1-21(2)27(20-50(48,49)19-22-11-7-5-8-12-22)40-35(47)41-29(23-13-9-6-10-14-23)34(46)42-18-25-28(36(25,3)4)30(42)33(45)39-26(31(43)32(38)44)17-37-15-24(37)16-37/h5,7-8,11-12,21,23-30H,6,9-10,13-20H2,1-4H3,(H2,38,44)(H,39,45)(H2,40,41,47)/t24?,25?,26?,27-,28?,29+,30+,37?/m1/s1. The summed E-state index contributed by atoms with van der Waals surface area (Å²) >= 11 is 0. The van der Waals surface area contributed by atoms with Gasteiger partial charge in [-0.15, -0.1) is 0 Å². The minimum atomic E-state index is -3.57. The van der Waals surface area contributed by atoms with Gasteiger partial charge in [0.1, 0.15) is 12.1 Å². The van der Waals surface area contributed by atoms with Crippen LogP contribution in [0.15, 0.2) is 30.3 Å². The fourth-order valence-electron chi connectivity index (χ4n) is 8.94. The number of hydrogen-bond donors (Lipinski definition) is 4. The molecule has 12 nitrogen and oxygen atoms in total. The summed E-state index contributed by atoms with van der Waals surface area (Å²) in [5.41, 5.74) is 5.86. The summed E-state index contributed by atoms with van der Waals surface area (Å²) in [6.07, 6.45) is 6.64. The van der Waals surface area contributed by atoms with Gasteiger partial charge in [-0.1, -0.05) is 77.3 Å². The summed E-state index contributed by atoms with van der Waals surface area (Å²) in [6.45, 7) is 8.16. The number of nitrogens with two attached hydrogens (primary N) is 1. The van der Waals surface area contributed by atoms with Crippen molar-refractivity contribution in [1.82, 2.24) is 20.9 Å². The van der Waals surface area contributed by atoms with E-state index in [1.807, 2.05) is 19.9 Å². The van der Waals surface area contributed by atoms with Crippen LogP contribution in [0.4, 0.5) is 4.79 Å². The third kappa shape index (κ3) is 7.57. The van der Waals surface area contributed by atoms with E-state index in [2.05, 4.69) is 29.8 Å². The highest BCUT2D eigenvalue weighted by molar-refractivity contribution is 7.90. The van der Waals surface area contributed by atoms with Crippen LogP contribution >= 0.6 is 0 Å². The Morgan fingerprint density at radius 3 is 2.18 bits per heavy atom. The number of fused-ring (bicyclic) bond motifs is 2. The van der Waals surface area contributed by atoms with Crippen molar-refractivity contribution in [3.8, 4) is 0 Å². The number of likely N-dealkylation sites (tertiary alicyclic amines) is 1. The number of piperidine rings is 1. The Morgan fingerprint density at radius 1 is 0.960 bits per heavy atom. The van der Waals surface area contributed by atoms with Gasteiger partial charge >= 0.3 is 6.03 Å². The Morgan fingerprint density at radius 2 is 1.60 bits per heavy atom. The van der Waals surface area contributed by atoms with Gasteiger partial charge in [0, 0.05) is 12.6 Å². The van der Waals surface area contributed by atoms with Gasteiger partial charge in [-0.3, -0.25) is 19.2 Å². The lowest BCUT2D eigenvalue weighted by Gasteiger charge is -2.37. The molecule has 50 heavy (non-hydrogen) atoms. The molecule has 4 aliphatic carbocycles. The zero-order valence-corrected chi connectivity index (χ0v) is 30.5. The van der Waals surface area contributed by atoms with Gasteiger partial charge in [-0.05, 0) is 78.1 Å². The third-order valence-corrected chi connectivity index (χ3v) is 14.2. The quantitative estimate of drug-likeness (QED) is 0.202. The van der Waals surface area contributed by atoms with Gasteiger partial charge in [0.2, 0.25) is 17.6 Å². The van der Waals surface area contributed by atoms with Crippen molar-refractivity contribution >= 4 is 39.4 Å². The number of ketones is 1. The lowest BCUT2D eigenvalue weighted by molar-refractivity contribution is -0.144. The SMILES string of the molecule is CC(C)[C@@H](CS(=O)(=O)Cc1ccccc1)NC(=O)N[C@H](C(=O)N1CC2C([C@H]1C(=O)NC(CC13CC1C3)C(=O)C(N)=O)C2(C)C)C1CCCCC1. The molecule has 5 amide bonds. The number of benzene rings is 1. The summed E-state index contributed by atoms with van der Waals surface area (Å²) in [7, 11) is -3.57. The monoisotopic (exact) mass is 711 g/mol. The molecule has 0 bridgehead atoms. The molecule has 13 heteroatoms. The molecule has 3 unspecified atom stereocenters. The van der Waals surface area contributed by atoms with E-state index in [9.17, 15) is 32.4 Å². The van der Waals surface area contributed by atoms with Gasteiger partial charge in [0.25, 0.3) is 5.91 Å². The highest BCUT2D eigenvalue weighted by Crippen LogP contribution is 2.77. The zero-order chi connectivity index (χ0) is 36.2. The first-order valence-electron chi connectivity index (χ1n) is 18.3. The van der Waals surface area contributed by atoms with Crippen molar-refractivity contribution in [3.63, 3.8) is 0 Å². The number of urea groups is 1. The molecule has 5 fully saturated rings. The molecule has 5 N–H and O–H groups in total. The molecule has 274 valence electrons. The van der Waals surface area contributed by atoms with E-state index in [0.29, 0.717) is 24.4 Å². The molecule has 1 saturated heterocycles. The lowest BCUT2D eigenvalue weighted by Crippen LogP contribution is -2.61. The van der Waals surface area contributed by atoms with Crippen LogP contribution in [0.2, 0.25) is 0 Å². The second-order valence-electron chi connectivity index (χ2n) is 16.7. The smallest absolute Gasteiger partial charge is 0.315 e. The van der Waals surface area contributed by atoms with Crippen molar-refractivity contribution in [2.45, 2.75) is 109 Å². The number of primary amides is 1. The number of amides is 5. The Bertz CT molecular complexity index is 1620. The number of Topliss-reactive ketones (excluding diaryl/α,β-unsaturated/α-hetero) is 1. The van der Waals surface area contributed by atoms with Crippen molar-refractivity contribution in [1.29, 1.82) is 0 Å². The summed E-state index contributed by atoms with van der Waals surface area (Å²) < 4.78 is 26.3. The van der Waals surface area contributed by atoms with Gasteiger partial charge in [-0.2, -0.15) is 0 Å². The van der Waals surface area contributed by atoms with E-state index < -0.39 is 57.6 Å². The number of carbonyl (C=O) groups excluding carboxylic acids is 5. The van der Waals surface area contributed by atoms with Crippen LogP contribution in [0.1, 0.15) is 84.6 Å². The van der Waals surface area contributed by atoms with Gasteiger partial charge in [0.05, 0.1) is 17.5 Å². The van der Waals surface area contributed by atoms with E-state index >= 15 is 0 Å². The molecular formula is C37H53N5O7S. The van der Waals surface area contributed by atoms with Crippen LogP contribution < -0.4 is 21.7 Å². The lowest BCUT2D eigenvalue weighted by atomic mass is 9.83. The predicted molar refractivity (Wildman–Crippen MR) is 187 cm³/mol. The number of nitrogens with one attached hydrogen (secondary N) is 3. The molecule has 5 aliphatic rings. The predicted octanol–water partition coefficient (Wildman–Crippen LogP) is 2.70. The number of rotatable bonds is 15. The van der Waals surface area contributed by atoms with Crippen molar-refractivity contribution < 1.29 is 32.4 Å². The Kier molecular flexibility index (Phi) is 9.86. The first kappa shape index (κ1) is 36.3. The highest BCUT2D eigenvalue weighted by Gasteiger charge is 2.71. The summed E-state index contributed by atoms with van der Waals surface area (Å²) in [4.78, 5) is 68.6. The first-order chi connectivity index (χ1) is 23.5. The van der Waals surface area contributed by atoms with Crippen LogP contribution in [-0.4, -0.2) is 79.3 Å². The topological polar surface area (TPSA) is 185 Å². The molecule has 1 aromatic rings. The Hall–Kier alpha value is -3.48. The van der Waals surface area contributed by atoms with E-state index in [0.717, 1.165) is 44.9 Å². The molecule has 0 aromatic heterocycles. The minimum absolute atomic E-state index is 0.00765. The van der Waals surface area contributed by atoms with Crippen molar-refractivity contribution in [3.05, 3.63) is 35.9 Å². The van der Waals surface area contributed by atoms with E-state index in [1.54, 1.807) is 29.2 Å². The van der Waals surface area contributed by atoms with E-state index in [1.165, 1.54) is 0 Å². The molecule has 1 aromatic carbocycles. The third-order valence-electron chi connectivity index (χ3n) is 12.6. The number of hydrogen-bond acceptors (Lipinski definition) is 7. The van der Waals surface area contributed by atoms with Gasteiger partial charge < -0.3 is 26.6 Å². The Labute approximate surface area is 295 Å². The summed E-state index contributed by atoms with van der Waals surface area (Å²) in [6, 6.07) is 4.77. The zero-order valence-electron chi connectivity index (χ0n) is 29.7. The van der Waals surface area contributed by atoms with Gasteiger partial charge in [-0.25, -0.2) is 13.2 Å². The van der Waals surface area contributed by atoms with E-state index in [4.69, 9.17) is 5.73 Å². The van der Waals surface area contributed by atoms with Crippen LogP contribution in [-0.2, 0) is 34.8 Å². The van der Waals surface area contributed by atoms with Crippen molar-refractivity contribution in [2.75, 3.05) is 12.3 Å². The largest absolute Gasteiger partial charge is 0.363 e. The van der Waals surface area contributed by atoms with Crippen LogP contribution in [0, 0.1) is 40.4 Å². The molecule has 6 rings (SSSR count). The number of carbonyl (C=O) groups is 5. The molecule has 4 saturated carbocycles. The maximum absolute atomic E-state index is 14.6. The molecule has 1 heterocycles. The summed E-state index contributed by atoms with van der Waals surface area (Å²) in [5, 5.41) is 8.63. The molecule has 6 atom stereocenters. The second kappa shape index (κ2) is 13.6. The van der Waals surface area contributed by atoms with E-state index in [-0.39, 0.29) is 51.9 Å². The second-order valence-corrected chi connectivity index (χ2v) is 18.8. The average molecular weight is 712 g/mol. The summed E-state index contributed by atoms with van der Waals surface area (Å²) in [5.74, 6) is -3.02. The van der Waals surface area contributed by atoms with Crippen molar-refractivity contribution in [2.24, 2.45) is 46.2 Å². The van der Waals surface area contributed by atoms with Crippen LogP contribution in [0.25, 0.3) is 0 Å². The van der Waals surface area contributed by atoms with Gasteiger partial charge in [0.15, 0.2) is 9.84 Å². The fourth-order valence-corrected chi connectivity index (χ4v) is 10.8. The average Bonchev–Trinajstić information content (AvgIpc) is 3.96. The van der Waals surface area contributed by atoms with Crippen LogP contribution in [0.5, 0.6) is 0 Å². The Balaban J connectivity index is 1.18. The maximum atomic E-state index is 14.6. The highest BCUT2D eigenvalue weighted by atomic mass is 32.2. The minimum Gasteiger partial charge on any atom is -0.363 e. The fraction of sp³-hybridized carbons (Fsp3) is 0.703. The molecule has 0 radical (unpaired) electrons. The normalized spacial score (nSPS) is 29.5. The maximum Gasteiger partial charge on any atom is 0.315 e. The molecule has 1 aliphatic heterocycles. The number of sulfone groups is 1. The first-order valence-corrected chi connectivity index (χ1v) is 20.1.